The minimum Gasteiger partial charge on any atom is -0.489 e. The first-order chi connectivity index (χ1) is 13.7. The van der Waals surface area contributed by atoms with Crippen molar-refractivity contribution >= 4 is 11.6 Å². The summed E-state index contributed by atoms with van der Waals surface area (Å²) in [5.74, 6) is 0.474. The summed E-state index contributed by atoms with van der Waals surface area (Å²) < 4.78 is 51.1. The molecule has 0 spiro atoms. The van der Waals surface area contributed by atoms with Crippen molar-refractivity contribution in [3.05, 3.63) is 71.1 Å². The molecule has 0 fully saturated rings. The summed E-state index contributed by atoms with van der Waals surface area (Å²) in [4.78, 5) is 12.3. The Kier molecular flexibility index (Phi) is 5.76. The molecule has 1 aromatic heterocycles. The largest absolute Gasteiger partial charge is 0.573 e. The van der Waals surface area contributed by atoms with Gasteiger partial charge in [-0.2, -0.15) is 0 Å². The van der Waals surface area contributed by atoms with E-state index in [2.05, 4.69) is 15.2 Å². The van der Waals surface area contributed by atoms with Gasteiger partial charge in [-0.3, -0.25) is 4.79 Å². The van der Waals surface area contributed by atoms with Crippen molar-refractivity contribution in [2.75, 3.05) is 5.32 Å². The van der Waals surface area contributed by atoms with Crippen molar-refractivity contribution in [3.63, 3.8) is 0 Å². The van der Waals surface area contributed by atoms with Gasteiger partial charge in [0, 0.05) is 11.3 Å². The van der Waals surface area contributed by atoms with Crippen LogP contribution in [-0.2, 0) is 6.61 Å². The van der Waals surface area contributed by atoms with Crippen molar-refractivity contribution in [3.8, 4) is 11.5 Å². The maximum Gasteiger partial charge on any atom is 0.573 e. The van der Waals surface area contributed by atoms with Crippen molar-refractivity contribution in [1.29, 1.82) is 0 Å². The number of halogens is 3. The molecule has 0 aliphatic carbocycles. The molecular formula is C20H17F3N2O4. The zero-order valence-electron chi connectivity index (χ0n) is 15.5. The minimum absolute atomic E-state index is 0.291. The van der Waals surface area contributed by atoms with Crippen LogP contribution in [0.3, 0.4) is 0 Å². The molecule has 3 aromatic rings. The second-order valence-corrected chi connectivity index (χ2v) is 6.14. The third-order valence-electron chi connectivity index (χ3n) is 4.03. The van der Waals surface area contributed by atoms with E-state index in [4.69, 9.17) is 9.26 Å². The Hall–Kier alpha value is -3.49. The Morgan fingerprint density at radius 2 is 1.66 bits per heavy atom. The van der Waals surface area contributed by atoms with E-state index in [0.29, 0.717) is 29.4 Å². The second kappa shape index (κ2) is 8.26. The van der Waals surface area contributed by atoms with E-state index in [0.717, 1.165) is 23.4 Å². The first-order valence-corrected chi connectivity index (χ1v) is 8.53. The Balaban J connectivity index is 1.57. The number of hydrogen-bond acceptors (Lipinski definition) is 5. The van der Waals surface area contributed by atoms with E-state index in [1.54, 1.807) is 31.2 Å². The van der Waals surface area contributed by atoms with Gasteiger partial charge in [0.25, 0.3) is 5.91 Å². The van der Waals surface area contributed by atoms with E-state index in [1.165, 1.54) is 12.1 Å². The predicted molar refractivity (Wildman–Crippen MR) is 97.8 cm³/mol. The number of amides is 1. The van der Waals surface area contributed by atoms with Gasteiger partial charge in [-0.25, -0.2) is 0 Å². The molecule has 0 aliphatic heterocycles. The number of aryl methyl sites for hydroxylation is 2. The van der Waals surface area contributed by atoms with Crippen molar-refractivity contribution in [1.82, 2.24) is 5.16 Å². The lowest BCUT2D eigenvalue weighted by Gasteiger charge is -2.10. The van der Waals surface area contributed by atoms with E-state index in [9.17, 15) is 18.0 Å². The fraction of sp³-hybridized carbons (Fsp3) is 0.200. The van der Waals surface area contributed by atoms with Gasteiger partial charge in [0.1, 0.15) is 23.9 Å². The smallest absolute Gasteiger partial charge is 0.489 e. The molecule has 29 heavy (non-hydrogen) atoms. The molecule has 3 rings (SSSR count). The lowest BCUT2D eigenvalue weighted by molar-refractivity contribution is -0.274. The number of carbonyl (C=O) groups excluding carboxylic acids is 1. The summed E-state index contributed by atoms with van der Waals surface area (Å²) in [7, 11) is 0. The summed E-state index contributed by atoms with van der Waals surface area (Å²) in [6.45, 7) is 3.91. The lowest BCUT2D eigenvalue weighted by atomic mass is 10.2. The van der Waals surface area contributed by atoms with E-state index in [1.807, 2.05) is 6.92 Å². The van der Waals surface area contributed by atoms with Crippen LogP contribution in [0.2, 0.25) is 0 Å². The molecule has 1 heterocycles. The van der Waals surface area contributed by atoms with Crippen LogP contribution in [-0.4, -0.2) is 17.4 Å². The molecule has 1 N–H and O–H groups in total. The van der Waals surface area contributed by atoms with Gasteiger partial charge in [0.2, 0.25) is 0 Å². The highest BCUT2D eigenvalue weighted by atomic mass is 19.4. The Labute approximate surface area is 164 Å². The number of nitrogens with zero attached hydrogens (tertiary/aromatic N) is 1. The highest BCUT2D eigenvalue weighted by Crippen LogP contribution is 2.24. The molecule has 0 bridgehead atoms. The van der Waals surface area contributed by atoms with Crippen LogP contribution in [0.25, 0.3) is 0 Å². The fourth-order valence-electron chi connectivity index (χ4n) is 2.51. The van der Waals surface area contributed by atoms with Gasteiger partial charge in [-0.1, -0.05) is 5.16 Å². The van der Waals surface area contributed by atoms with Crippen LogP contribution in [0.4, 0.5) is 18.9 Å². The molecule has 1 amide bonds. The molecule has 0 unspecified atom stereocenters. The molecule has 6 nitrogen and oxygen atoms in total. The lowest BCUT2D eigenvalue weighted by Crippen LogP contribution is -2.17. The van der Waals surface area contributed by atoms with Crippen molar-refractivity contribution in [2.45, 2.75) is 26.8 Å². The number of carbonyl (C=O) groups is 1. The Bertz CT molecular complexity index is 961. The van der Waals surface area contributed by atoms with Gasteiger partial charge < -0.3 is 19.3 Å². The molecule has 9 heteroatoms. The van der Waals surface area contributed by atoms with Crippen LogP contribution >= 0.6 is 0 Å². The van der Waals surface area contributed by atoms with E-state index < -0.39 is 12.3 Å². The zero-order chi connectivity index (χ0) is 21.0. The maximum absolute atomic E-state index is 12.3. The number of aromatic nitrogens is 1. The SMILES string of the molecule is Cc1noc(C)c1COc1ccc(C(=O)Nc2ccc(OC(F)(F)F)cc2)cc1. The summed E-state index contributed by atoms with van der Waals surface area (Å²) >= 11 is 0. The molecular weight excluding hydrogens is 389 g/mol. The summed E-state index contributed by atoms with van der Waals surface area (Å²) in [5, 5.41) is 6.46. The highest BCUT2D eigenvalue weighted by molar-refractivity contribution is 6.04. The van der Waals surface area contributed by atoms with Crippen LogP contribution in [0.5, 0.6) is 11.5 Å². The number of ether oxygens (including phenoxy) is 2. The third kappa shape index (κ3) is 5.50. The summed E-state index contributed by atoms with van der Waals surface area (Å²) in [6, 6.07) is 11.3. The quantitative estimate of drug-likeness (QED) is 0.622. The van der Waals surface area contributed by atoms with E-state index in [-0.39, 0.29) is 5.75 Å². The molecule has 0 atom stereocenters. The molecule has 0 aliphatic rings. The van der Waals surface area contributed by atoms with Crippen LogP contribution in [0.1, 0.15) is 27.4 Å². The minimum atomic E-state index is -4.76. The zero-order valence-corrected chi connectivity index (χ0v) is 15.5. The number of hydrogen-bond donors (Lipinski definition) is 1. The van der Waals surface area contributed by atoms with Crippen molar-refractivity contribution < 1.29 is 32.0 Å². The average molecular weight is 406 g/mol. The number of alkyl halides is 3. The van der Waals surface area contributed by atoms with Gasteiger partial charge in [0.05, 0.1) is 11.3 Å². The number of benzene rings is 2. The topological polar surface area (TPSA) is 73.6 Å². The van der Waals surface area contributed by atoms with Crippen LogP contribution in [0, 0.1) is 13.8 Å². The molecule has 2 aromatic carbocycles. The van der Waals surface area contributed by atoms with E-state index >= 15 is 0 Å². The number of anilines is 1. The maximum atomic E-state index is 12.3. The normalized spacial score (nSPS) is 11.2. The average Bonchev–Trinajstić information content (AvgIpc) is 2.98. The van der Waals surface area contributed by atoms with Gasteiger partial charge in [0.15, 0.2) is 0 Å². The van der Waals surface area contributed by atoms with Gasteiger partial charge in [-0.15, -0.1) is 13.2 Å². The molecule has 152 valence electrons. The predicted octanol–water partition coefficient (Wildman–Crippen LogP) is 5.02. The van der Waals surface area contributed by atoms with Gasteiger partial charge in [-0.05, 0) is 62.4 Å². The third-order valence-corrected chi connectivity index (χ3v) is 4.03. The molecule has 0 saturated heterocycles. The Morgan fingerprint density at radius 3 is 2.21 bits per heavy atom. The van der Waals surface area contributed by atoms with Crippen molar-refractivity contribution in [2.24, 2.45) is 0 Å². The van der Waals surface area contributed by atoms with Crippen LogP contribution in [0.15, 0.2) is 53.1 Å². The fourth-order valence-corrected chi connectivity index (χ4v) is 2.51. The number of nitrogens with one attached hydrogen (secondary N) is 1. The molecule has 0 radical (unpaired) electrons. The highest BCUT2D eigenvalue weighted by Gasteiger charge is 2.30. The second-order valence-electron chi connectivity index (χ2n) is 6.14. The van der Waals surface area contributed by atoms with Gasteiger partial charge >= 0.3 is 6.36 Å². The summed E-state index contributed by atoms with van der Waals surface area (Å²) in [6.07, 6.45) is -4.76. The first kappa shape index (κ1) is 20.2. The monoisotopic (exact) mass is 406 g/mol. The summed E-state index contributed by atoms with van der Waals surface area (Å²) in [5.41, 5.74) is 2.32. The molecule has 0 saturated carbocycles. The standard InChI is InChI=1S/C20H17F3N2O4/c1-12-18(13(2)29-25-12)11-27-16-7-3-14(4-8-16)19(26)24-15-5-9-17(10-6-15)28-20(21,22)23/h3-10H,11H2,1-2H3,(H,24,26). The van der Waals surface area contributed by atoms with Crippen LogP contribution < -0.4 is 14.8 Å². The first-order valence-electron chi connectivity index (χ1n) is 8.53. The number of rotatable bonds is 6. The Morgan fingerprint density at radius 1 is 1.03 bits per heavy atom.